The first-order valence-electron chi connectivity index (χ1n) is 9.84. The van der Waals surface area contributed by atoms with Gasteiger partial charge in [0.05, 0.1) is 26.4 Å². The molecule has 0 N–H and O–H groups in total. The van der Waals surface area contributed by atoms with Crippen molar-refractivity contribution in [2.24, 2.45) is 0 Å². The molecule has 3 aromatic carbocycles. The van der Waals surface area contributed by atoms with Crippen molar-refractivity contribution < 1.29 is 14.2 Å². The third-order valence-electron chi connectivity index (χ3n) is 4.66. The second kappa shape index (κ2) is 10.8. The Morgan fingerprint density at radius 3 is 1.36 bits per heavy atom. The van der Waals surface area contributed by atoms with E-state index in [1.54, 1.807) is 0 Å². The molecule has 0 spiro atoms. The number of ether oxygens (including phenoxy) is 3. The van der Waals surface area contributed by atoms with E-state index in [2.05, 4.69) is 72.8 Å². The fourth-order valence-corrected chi connectivity index (χ4v) is 3.39. The molecule has 0 aliphatic rings. The van der Waals surface area contributed by atoms with Gasteiger partial charge in [0.2, 0.25) is 0 Å². The molecule has 0 unspecified atom stereocenters. The van der Waals surface area contributed by atoms with E-state index in [1.807, 2.05) is 25.1 Å². The summed E-state index contributed by atoms with van der Waals surface area (Å²) in [6, 6.07) is 31.1. The minimum atomic E-state index is -0.687. The van der Waals surface area contributed by atoms with E-state index in [0.717, 1.165) is 16.7 Å². The van der Waals surface area contributed by atoms with Gasteiger partial charge in [0.1, 0.15) is 5.60 Å². The summed E-state index contributed by atoms with van der Waals surface area (Å²) >= 11 is 0. The molecule has 0 fully saturated rings. The fourth-order valence-electron chi connectivity index (χ4n) is 3.39. The standard InChI is InChI=1S/C25H28O3/c1-2-26-18-19-27-20-21-28-25(22-12-6-3-7-13-22,23-14-8-4-9-15-23)24-16-10-5-11-17-24/h3-17H,2,18-21H2,1H3. The second-order valence-electron chi connectivity index (χ2n) is 6.44. The third kappa shape index (κ3) is 4.87. The average molecular weight is 376 g/mol. The van der Waals surface area contributed by atoms with E-state index in [0.29, 0.717) is 33.0 Å². The number of benzene rings is 3. The van der Waals surface area contributed by atoms with Gasteiger partial charge >= 0.3 is 0 Å². The molecule has 3 aromatic rings. The fraction of sp³-hybridized carbons (Fsp3) is 0.280. The Labute approximate surface area is 167 Å². The molecule has 0 aliphatic heterocycles. The molecule has 28 heavy (non-hydrogen) atoms. The lowest BCUT2D eigenvalue weighted by atomic mass is 9.80. The number of hydrogen-bond acceptors (Lipinski definition) is 3. The van der Waals surface area contributed by atoms with Crippen molar-refractivity contribution in [3.05, 3.63) is 108 Å². The molecule has 0 aromatic heterocycles. The minimum Gasteiger partial charge on any atom is -0.379 e. The Morgan fingerprint density at radius 1 is 0.536 bits per heavy atom. The molecule has 146 valence electrons. The van der Waals surface area contributed by atoms with Crippen LogP contribution in [0.25, 0.3) is 0 Å². The SMILES string of the molecule is CCOCCOCCOC(c1ccccc1)(c1ccccc1)c1ccccc1. The first-order valence-corrected chi connectivity index (χ1v) is 9.84. The van der Waals surface area contributed by atoms with E-state index in [-0.39, 0.29) is 0 Å². The lowest BCUT2D eigenvalue weighted by Crippen LogP contribution is -2.34. The van der Waals surface area contributed by atoms with Crippen LogP contribution < -0.4 is 0 Å². The molecule has 0 aliphatic carbocycles. The first kappa shape index (κ1) is 20.3. The van der Waals surface area contributed by atoms with Crippen molar-refractivity contribution in [3.63, 3.8) is 0 Å². The van der Waals surface area contributed by atoms with E-state index in [9.17, 15) is 0 Å². The lowest BCUT2D eigenvalue weighted by molar-refractivity contribution is -0.0326. The zero-order chi connectivity index (χ0) is 19.5. The average Bonchev–Trinajstić information content (AvgIpc) is 2.78. The van der Waals surface area contributed by atoms with Gasteiger partial charge < -0.3 is 14.2 Å². The van der Waals surface area contributed by atoms with Crippen molar-refractivity contribution in [1.82, 2.24) is 0 Å². The van der Waals surface area contributed by atoms with Crippen molar-refractivity contribution >= 4 is 0 Å². The van der Waals surface area contributed by atoms with Gasteiger partial charge in [0, 0.05) is 6.61 Å². The van der Waals surface area contributed by atoms with Gasteiger partial charge in [-0.3, -0.25) is 0 Å². The van der Waals surface area contributed by atoms with Gasteiger partial charge in [-0.05, 0) is 23.6 Å². The van der Waals surface area contributed by atoms with Crippen LogP contribution in [0.3, 0.4) is 0 Å². The summed E-state index contributed by atoms with van der Waals surface area (Å²) < 4.78 is 17.6. The largest absolute Gasteiger partial charge is 0.379 e. The van der Waals surface area contributed by atoms with Crippen molar-refractivity contribution in [2.45, 2.75) is 12.5 Å². The molecule has 3 heteroatoms. The van der Waals surface area contributed by atoms with E-state index in [4.69, 9.17) is 14.2 Å². The molecule has 3 nitrogen and oxygen atoms in total. The first-order chi connectivity index (χ1) is 13.9. The number of rotatable bonds is 11. The smallest absolute Gasteiger partial charge is 0.143 e. The predicted molar refractivity (Wildman–Crippen MR) is 112 cm³/mol. The normalized spacial score (nSPS) is 11.5. The van der Waals surface area contributed by atoms with Crippen LogP contribution in [0.4, 0.5) is 0 Å². The Morgan fingerprint density at radius 2 is 0.929 bits per heavy atom. The summed E-state index contributed by atoms with van der Waals surface area (Å²) in [5.41, 5.74) is 2.61. The Kier molecular flexibility index (Phi) is 7.80. The molecule has 0 atom stereocenters. The van der Waals surface area contributed by atoms with Crippen LogP contribution in [0.2, 0.25) is 0 Å². The van der Waals surface area contributed by atoms with Crippen LogP contribution in [0.5, 0.6) is 0 Å². The van der Waals surface area contributed by atoms with E-state index < -0.39 is 5.60 Å². The third-order valence-corrected chi connectivity index (χ3v) is 4.66. The molecular formula is C25H28O3. The molecule has 0 saturated carbocycles. The molecule has 0 saturated heterocycles. The summed E-state index contributed by atoms with van der Waals surface area (Å²) in [6.07, 6.45) is 0. The van der Waals surface area contributed by atoms with Gasteiger partial charge in [-0.2, -0.15) is 0 Å². The quantitative estimate of drug-likeness (QED) is 0.346. The highest BCUT2D eigenvalue weighted by Crippen LogP contribution is 2.40. The molecule has 0 heterocycles. The molecule has 0 amide bonds. The van der Waals surface area contributed by atoms with Gasteiger partial charge in [-0.15, -0.1) is 0 Å². The molecule has 0 bridgehead atoms. The maximum Gasteiger partial charge on any atom is 0.143 e. The van der Waals surface area contributed by atoms with Crippen LogP contribution in [-0.4, -0.2) is 33.0 Å². The summed E-state index contributed by atoms with van der Waals surface area (Å²) in [5, 5.41) is 0. The zero-order valence-corrected chi connectivity index (χ0v) is 16.4. The highest BCUT2D eigenvalue weighted by molar-refractivity contribution is 5.47. The highest BCUT2D eigenvalue weighted by Gasteiger charge is 2.37. The second-order valence-corrected chi connectivity index (χ2v) is 6.44. The van der Waals surface area contributed by atoms with Gasteiger partial charge in [0.15, 0.2) is 0 Å². The van der Waals surface area contributed by atoms with Crippen LogP contribution in [0.1, 0.15) is 23.6 Å². The van der Waals surface area contributed by atoms with Crippen molar-refractivity contribution in [2.75, 3.05) is 33.0 Å². The van der Waals surface area contributed by atoms with Gasteiger partial charge in [-0.1, -0.05) is 91.0 Å². The summed E-state index contributed by atoms with van der Waals surface area (Å²) in [4.78, 5) is 0. The van der Waals surface area contributed by atoms with Crippen molar-refractivity contribution in [1.29, 1.82) is 0 Å². The van der Waals surface area contributed by atoms with Crippen LogP contribution in [0.15, 0.2) is 91.0 Å². The lowest BCUT2D eigenvalue weighted by Gasteiger charge is -2.36. The highest BCUT2D eigenvalue weighted by atomic mass is 16.5. The molecule has 3 rings (SSSR count). The summed E-state index contributed by atoms with van der Waals surface area (Å²) in [6.45, 7) is 4.87. The number of hydrogen-bond donors (Lipinski definition) is 0. The molecular weight excluding hydrogens is 348 g/mol. The van der Waals surface area contributed by atoms with Crippen LogP contribution in [0, 0.1) is 0 Å². The van der Waals surface area contributed by atoms with Gasteiger partial charge in [-0.25, -0.2) is 0 Å². The van der Waals surface area contributed by atoms with Crippen LogP contribution in [-0.2, 0) is 19.8 Å². The Hall–Kier alpha value is -2.46. The van der Waals surface area contributed by atoms with Crippen molar-refractivity contribution in [3.8, 4) is 0 Å². The van der Waals surface area contributed by atoms with E-state index in [1.165, 1.54) is 0 Å². The maximum atomic E-state index is 6.63. The Balaban J connectivity index is 1.91. The summed E-state index contributed by atoms with van der Waals surface area (Å²) in [5.74, 6) is 0. The van der Waals surface area contributed by atoms with E-state index >= 15 is 0 Å². The van der Waals surface area contributed by atoms with Crippen LogP contribution >= 0.6 is 0 Å². The zero-order valence-electron chi connectivity index (χ0n) is 16.4. The van der Waals surface area contributed by atoms with Gasteiger partial charge in [0.25, 0.3) is 0 Å². The maximum absolute atomic E-state index is 6.63. The summed E-state index contributed by atoms with van der Waals surface area (Å²) in [7, 11) is 0. The molecule has 0 radical (unpaired) electrons. The Bertz CT molecular complexity index is 691. The monoisotopic (exact) mass is 376 g/mol. The minimum absolute atomic E-state index is 0.477. The predicted octanol–water partition coefficient (Wildman–Crippen LogP) is 5.05. The topological polar surface area (TPSA) is 27.7 Å².